The highest BCUT2D eigenvalue weighted by molar-refractivity contribution is 5.26. The third-order valence-corrected chi connectivity index (χ3v) is 3.57. The maximum absolute atomic E-state index is 8.95. The monoisotopic (exact) mass is 234 g/mol. The number of rotatable bonds is 4. The largest absolute Gasteiger partial charge is 0.493 e. The van der Waals surface area contributed by atoms with Gasteiger partial charge in [-0.15, -0.1) is 0 Å². The molecule has 1 aromatic carbocycles. The Bertz CT molecular complexity index is 310. The first-order valence-corrected chi connectivity index (χ1v) is 6.71. The van der Waals surface area contributed by atoms with Crippen molar-refractivity contribution in [1.82, 2.24) is 0 Å². The predicted octanol–water partition coefficient (Wildman–Crippen LogP) is 3.53. The van der Waals surface area contributed by atoms with Crippen LogP contribution in [0.2, 0.25) is 0 Å². The molecule has 1 aliphatic rings. The first kappa shape index (κ1) is 12.4. The molecule has 0 bridgehead atoms. The van der Waals surface area contributed by atoms with Crippen LogP contribution in [0.1, 0.15) is 44.1 Å². The lowest BCUT2D eigenvalue weighted by atomic mass is 10.0. The Kier molecular flexibility index (Phi) is 4.87. The molecule has 1 fully saturated rings. The van der Waals surface area contributed by atoms with E-state index < -0.39 is 0 Å². The molecule has 0 amide bonds. The molecule has 0 unspecified atom stereocenters. The fourth-order valence-corrected chi connectivity index (χ4v) is 2.44. The van der Waals surface area contributed by atoms with Crippen molar-refractivity contribution >= 4 is 0 Å². The van der Waals surface area contributed by atoms with Crippen LogP contribution in [-0.2, 0) is 6.61 Å². The SMILES string of the molecule is OCc1ccc(OCC2CCCCCC2)cc1. The van der Waals surface area contributed by atoms with E-state index in [4.69, 9.17) is 9.84 Å². The van der Waals surface area contributed by atoms with E-state index >= 15 is 0 Å². The van der Waals surface area contributed by atoms with Crippen molar-refractivity contribution in [3.05, 3.63) is 29.8 Å². The summed E-state index contributed by atoms with van der Waals surface area (Å²) < 4.78 is 5.82. The molecule has 0 heterocycles. The molecule has 2 rings (SSSR count). The van der Waals surface area contributed by atoms with Crippen molar-refractivity contribution in [2.45, 2.75) is 45.1 Å². The van der Waals surface area contributed by atoms with E-state index in [1.807, 2.05) is 24.3 Å². The van der Waals surface area contributed by atoms with Crippen molar-refractivity contribution in [3.8, 4) is 5.75 Å². The minimum absolute atomic E-state index is 0.100. The Hall–Kier alpha value is -1.02. The molecule has 0 aliphatic heterocycles. The standard InChI is InChI=1S/C15H22O2/c16-11-13-7-9-15(10-8-13)17-12-14-5-3-1-2-4-6-14/h7-10,14,16H,1-6,11-12H2. The van der Waals surface area contributed by atoms with Gasteiger partial charge in [0.05, 0.1) is 13.2 Å². The second-order valence-electron chi connectivity index (χ2n) is 4.97. The second-order valence-corrected chi connectivity index (χ2v) is 4.97. The van der Waals surface area contributed by atoms with Crippen molar-refractivity contribution in [1.29, 1.82) is 0 Å². The zero-order chi connectivity index (χ0) is 11.9. The maximum atomic E-state index is 8.95. The fraction of sp³-hybridized carbons (Fsp3) is 0.600. The van der Waals surface area contributed by atoms with Crippen molar-refractivity contribution < 1.29 is 9.84 Å². The summed E-state index contributed by atoms with van der Waals surface area (Å²) in [6.07, 6.45) is 8.13. The molecule has 2 nitrogen and oxygen atoms in total. The number of aliphatic hydroxyl groups excluding tert-OH is 1. The average molecular weight is 234 g/mol. The summed E-state index contributed by atoms with van der Waals surface area (Å²) in [6, 6.07) is 7.73. The van der Waals surface area contributed by atoms with Crippen LogP contribution in [-0.4, -0.2) is 11.7 Å². The van der Waals surface area contributed by atoms with Gasteiger partial charge in [-0.3, -0.25) is 0 Å². The van der Waals surface area contributed by atoms with E-state index in [0.717, 1.165) is 23.8 Å². The molecule has 1 aromatic rings. The number of ether oxygens (including phenoxy) is 1. The van der Waals surface area contributed by atoms with Crippen LogP contribution in [0.4, 0.5) is 0 Å². The lowest BCUT2D eigenvalue weighted by Gasteiger charge is -2.15. The number of hydrogen-bond acceptors (Lipinski definition) is 2. The smallest absolute Gasteiger partial charge is 0.119 e. The van der Waals surface area contributed by atoms with Crippen LogP contribution >= 0.6 is 0 Å². The minimum Gasteiger partial charge on any atom is -0.493 e. The third-order valence-electron chi connectivity index (χ3n) is 3.57. The number of benzene rings is 1. The molecule has 2 heteroatoms. The van der Waals surface area contributed by atoms with Crippen molar-refractivity contribution in [2.24, 2.45) is 5.92 Å². The second kappa shape index (κ2) is 6.65. The molecule has 1 aliphatic carbocycles. The summed E-state index contributed by atoms with van der Waals surface area (Å²) in [5.74, 6) is 1.65. The van der Waals surface area contributed by atoms with Crippen LogP contribution in [0.5, 0.6) is 5.75 Å². The molecule has 0 atom stereocenters. The van der Waals surface area contributed by atoms with Crippen molar-refractivity contribution in [3.63, 3.8) is 0 Å². The summed E-state index contributed by atoms with van der Waals surface area (Å²) in [5.41, 5.74) is 0.937. The molecule has 1 N–H and O–H groups in total. The zero-order valence-electron chi connectivity index (χ0n) is 10.4. The van der Waals surface area contributed by atoms with Gasteiger partial charge in [0.1, 0.15) is 5.75 Å². The Morgan fingerprint density at radius 2 is 1.65 bits per heavy atom. The van der Waals surface area contributed by atoms with Crippen LogP contribution in [0.15, 0.2) is 24.3 Å². The third kappa shape index (κ3) is 4.04. The van der Waals surface area contributed by atoms with Gasteiger partial charge in [0.15, 0.2) is 0 Å². The van der Waals surface area contributed by atoms with Gasteiger partial charge in [-0.1, -0.05) is 37.8 Å². The average Bonchev–Trinajstić information content (AvgIpc) is 2.65. The van der Waals surface area contributed by atoms with E-state index in [1.54, 1.807) is 0 Å². The highest BCUT2D eigenvalue weighted by atomic mass is 16.5. The normalized spacial score (nSPS) is 17.7. The molecule has 1 saturated carbocycles. The number of aliphatic hydroxyl groups is 1. The van der Waals surface area contributed by atoms with Crippen LogP contribution < -0.4 is 4.74 Å². The van der Waals surface area contributed by atoms with Gasteiger partial charge in [-0.2, -0.15) is 0 Å². The quantitative estimate of drug-likeness (QED) is 0.808. The van der Waals surface area contributed by atoms with Gasteiger partial charge in [0.2, 0.25) is 0 Å². The highest BCUT2D eigenvalue weighted by Gasteiger charge is 2.12. The lowest BCUT2D eigenvalue weighted by molar-refractivity contribution is 0.233. The Morgan fingerprint density at radius 1 is 1.00 bits per heavy atom. The molecular formula is C15H22O2. The van der Waals surface area contributed by atoms with Crippen LogP contribution in [0.3, 0.4) is 0 Å². The molecule has 0 aromatic heterocycles. The summed E-state index contributed by atoms with van der Waals surface area (Å²) >= 11 is 0. The summed E-state index contributed by atoms with van der Waals surface area (Å²) in [6.45, 7) is 0.946. The first-order valence-electron chi connectivity index (χ1n) is 6.71. The zero-order valence-corrected chi connectivity index (χ0v) is 10.4. The summed E-state index contributed by atoms with van der Waals surface area (Å²) in [4.78, 5) is 0. The molecule has 0 saturated heterocycles. The van der Waals surface area contributed by atoms with Gasteiger partial charge in [-0.05, 0) is 36.5 Å². The van der Waals surface area contributed by atoms with E-state index in [-0.39, 0.29) is 6.61 Å². The van der Waals surface area contributed by atoms with E-state index in [1.165, 1.54) is 38.5 Å². The minimum atomic E-state index is 0.100. The Balaban J connectivity index is 1.79. The Labute approximate surface area is 104 Å². The van der Waals surface area contributed by atoms with Gasteiger partial charge in [0.25, 0.3) is 0 Å². The van der Waals surface area contributed by atoms with Gasteiger partial charge >= 0.3 is 0 Å². The molecule has 0 spiro atoms. The van der Waals surface area contributed by atoms with Crippen molar-refractivity contribution in [2.75, 3.05) is 6.61 Å². The molecular weight excluding hydrogens is 212 g/mol. The number of hydrogen-bond donors (Lipinski definition) is 1. The van der Waals surface area contributed by atoms with Gasteiger partial charge in [0, 0.05) is 0 Å². The van der Waals surface area contributed by atoms with Gasteiger partial charge in [-0.25, -0.2) is 0 Å². The maximum Gasteiger partial charge on any atom is 0.119 e. The van der Waals surface area contributed by atoms with Crippen LogP contribution in [0, 0.1) is 5.92 Å². The lowest BCUT2D eigenvalue weighted by Crippen LogP contribution is -2.11. The van der Waals surface area contributed by atoms with Crippen LogP contribution in [0.25, 0.3) is 0 Å². The van der Waals surface area contributed by atoms with E-state index in [9.17, 15) is 0 Å². The summed E-state index contributed by atoms with van der Waals surface area (Å²) in [5, 5.41) is 8.95. The Morgan fingerprint density at radius 3 is 2.24 bits per heavy atom. The van der Waals surface area contributed by atoms with E-state index in [2.05, 4.69) is 0 Å². The topological polar surface area (TPSA) is 29.5 Å². The predicted molar refractivity (Wildman–Crippen MR) is 69.1 cm³/mol. The first-order chi connectivity index (χ1) is 8.38. The van der Waals surface area contributed by atoms with Gasteiger partial charge < -0.3 is 9.84 Å². The molecule has 0 radical (unpaired) electrons. The van der Waals surface area contributed by atoms with E-state index in [0.29, 0.717) is 0 Å². The molecule has 17 heavy (non-hydrogen) atoms. The summed E-state index contributed by atoms with van der Waals surface area (Å²) in [7, 11) is 0. The molecule has 94 valence electrons. The highest BCUT2D eigenvalue weighted by Crippen LogP contribution is 2.24. The fourth-order valence-electron chi connectivity index (χ4n) is 2.44.